The summed E-state index contributed by atoms with van der Waals surface area (Å²) < 4.78 is 18.5. The minimum atomic E-state index is -0.765. The second-order valence-corrected chi connectivity index (χ2v) is 7.06. The average molecular weight is 411 g/mol. The number of hydrogen-bond acceptors (Lipinski definition) is 7. The lowest BCUT2D eigenvalue weighted by molar-refractivity contribution is -0.138. The van der Waals surface area contributed by atoms with Crippen LogP contribution in [-0.4, -0.2) is 28.5 Å². The quantitative estimate of drug-likeness (QED) is 0.599. The van der Waals surface area contributed by atoms with Gasteiger partial charge in [0.15, 0.2) is 11.5 Å². The van der Waals surface area contributed by atoms with Crippen molar-refractivity contribution in [3.63, 3.8) is 0 Å². The summed E-state index contributed by atoms with van der Waals surface area (Å²) in [5.41, 5.74) is 0.713. The van der Waals surface area contributed by atoms with Crippen molar-refractivity contribution in [3.05, 3.63) is 74.1 Å². The molecule has 2 aromatic rings. The number of esters is 1. The monoisotopic (exact) mass is 411 g/mol. The van der Waals surface area contributed by atoms with Crippen LogP contribution in [0.2, 0.25) is 0 Å². The molecule has 0 fully saturated rings. The minimum Gasteiger partial charge on any atom is -0.458 e. The lowest BCUT2D eigenvalue weighted by Crippen LogP contribution is -2.43. The highest BCUT2D eigenvalue weighted by atomic mass is 16.7. The fourth-order valence-corrected chi connectivity index (χ4v) is 3.80. The Hall–Kier alpha value is -3.75. The van der Waals surface area contributed by atoms with Crippen LogP contribution in [0.4, 0.5) is 5.82 Å². The molecule has 0 radical (unpaired) electrons. The number of carbonyl (C=O) groups is 1. The van der Waals surface area contributed by atoms with Gasteiger partial charge in [0.05, 0.1) is 17.1 Å². The molecule has 0 amide bonds. The summed E-state index contributed by atoms with van der Waals surface area (Å²) in [6.45, 7) is 5.40. The van der Waals surface area contributed by atoms with E-state index in [1.165, 1.54) is 17.7 Å². The molecule has 1 N–H and O–H groups in total. The van der Waals surface area contributed by atoms with Gasteiger partial charge in [0.2, 0.25) is 6.79 Å². The van der Waals surface area contributed by atoms with E-state index >= 15 is 0 Å². The first-order valence-corrected chi connectivity index (χ1v) is 9.30. The summed E-state index contributed by atoms with van der Waals surface area (Å²) in [6.07, 6.45) is 1.47. The Labute approximate surface area is 171 Å². The first-order valence-electron chi connectivity index (χ1n) is 9.30. The number of rotatable bonds is 4. The Morgan fingerprint density at radius 1 is 1.27 bits per heavy atom. The van der Waals surface area contributed by atoms with Crippen molar-refractivity contribution in [3.8, 4) is 11.5 Å². The topological polar surface area (TPSA) is 101 Å². The Morgan fingerprint density at radius 3 is 2.73 bits per heavy atom. The maximum Gasteiger partial charge on any atom is 0.337 e. The number of allylic oxidation sites excluding steroid dienone is 1. The van der Waals surface area contributed by atoms with Gasteiger partial charge >= 0.3 is 11.7 Å². The fraction of sp³-hybridized carbons (Fsp3) is 0.286. The van der Waals surface area contributed by atoms with E-state index in [1.54, 1.807) is 32.2 Å². The lowest BCUT2D eigenvalue weighted by atomic mass is 9.82. The van der Waals surface area contributed by atoms with E-state index in [9.17, 15) is 14.4 Å². The summed E-state index contributed by atoms with van der Waals surface area (Å²) in [5, 5.41) is 3.04. The molecule has 9 heteroatoms. The molecule has 1 aromatic carbocycles. The van der Waals surface area contributed by atoms with Gasteiger partial charge in [0, 0.05) is 19.8 Å². The zero-order chi connectivity index (χ0) is 21.6. The Balaban J connectivity index is 1.99. The van der Waals surface area contributed by atoms with E-state index in [-0.39, 0.29) is 24.5 Å². The van der Waals surface area contributed by atoms with Crippen LogP contribution in [0.25, 0.3) is 0 Å². The third kappa shape index (κ3) is 2.90. The maximum atomic E-state index is 13.2. The van der Waals surface area contributed by atoms with Gasteiger partial charge in [0.1, 0.15) is 12.4 Å². The molecule has 0 saturated heterocycles. The van der Waals surface area contributed by atoms with Crippen LogP contribution in [0.5, 0.6) is 11.5 Å². The van der Waals surface area contributed by atoms with Gasteiger partial charge < -0.3 is 19.5 Å². The molecule has 2 aliphatic rings. The third-order valence-electron chi connectivity index (χ3n) is 5.27. The summed E-state index contributed by atoms with van der Waals surface area (Å²) >= 11 is 0. The number of fused-ring (bicyclic) bond motifs is 2. The van der Waals surface area contributed by atoms with E-state index in [2.05, 4.69) is 11.9 Å². The van der Waals surface area contributed by atoms with E-state index < -0.39 is 23.1 Å². The number of anilines is 1. The van der Waals surface area contributed by atoms with Crippen molar-refractivity contribution in [2.45, 2.75) is 12.8 Å². The highest BCUT2D eigenvalue weighted by Gasteiger charge is 2.38. The predicted molar refractivity (Wildman–Crippen MR) is 109 cm³/mol. The van der Waals surface area contributed by atoms with Crippen LogP contribution < -0.4 is 26.0 Å². The van der Waals surface area contributed by atoms with Crippen molar-refractivity contribution < 1.29 is 19.0 Å². The molecular formula is C21H21N3O6. The molecule has 4 rings (SSSR count). The number of hydrogen-bond donors (Lipinski definition) is 1. The largest absolute Gasteiger partial charge is 0.458 e. The molecule has 2 aliphatic heterocycles. The highest BCUT2D eigenvalue weighted by molar-refractivity contribution is 5.94. The first-order chi connectivity index (χ1) is 14.3. The SMILES string of the molecule is C=CCOC(=O)C1=C(C)Nc2c(c(=O)n(C)c(=O)n2C)[C@H]1c1ccc2c(c1)OCO2. The van der Waals surface area contributed by atoms with Gasteiger partial charge in [-0.2, -0.15) is 0 Å². The molecule has 0 spiro atoms. The zero-order valence-corrected chi connectivity index (χ0v) is 16.9. The molecule has 0 bridgehead atoms. The summed E-state index contributed by atoms with van der Waals surface area (Å²) in [4.78, 5) is 38.5. The van der Waals surface area contributed by atoms with Crippen molar-refractivity contribution in [1.29, 1.82) is 0 Å². The normalized spacial score (nSPS) is 16.7. The van der Waals surface area contributed by atoms with Crippen LogP contribution in [0.1, 0.15) is 24.0 Å². The van der Waals surface area contributed by atoms with Gasteiger partial charge in [-0.25, -0.2) is 9.59 Å². The maximum absolute atomic E-state index is 13.2. The van der Waals surface area contributed by atoms with E-state index in [4.69, 9.17) is 14.2 Å². The molecule has 9 nitrogen and oxygen atoms in total. The molecule has 0 unspecified atom stereocenters. The molecular weight excluding hydrogens is 390 g/mol. The number of nitrogens with one attached hydrogen (secondary N) is 1. The predicted octanol–water partition coefficient (Wildman–Crippen LogP) is 1.37. The second kappa shape index (κ2) is 7.25. The van der Waals surface area contributed by atoms with Gasteiger partial charge in [-0.1, -0.05) is 18.7 Å². The van der Waals surface area contributed by atoms with Crippen LogP contribution >= 0.6 is 0 Å². The van der Waals surface area contributed by atoms with E-state index in [0.29, 0.717) is 28.6 Å². The minimum absolute atomic E-state index is 0.0294. The Morgan fingerprint density at radius 2 is 2.00 bits per heavy atom. The van der Waals surface area contributed by atoms with Crippen molar-refractivity contribution in [2.24, 2.45) is 14.1 Å². The summed E-state index contributed by atoms with van der Waals surface area (Å²) in [6, 6.07) is 5.24. The van der Waals surface area contributed by atoms with Gasteiger partial charge in [-0.15, -0.1) is 0 Å². The number of nitrogens with zero attached hydrogens (tertiary/aromatic N) is 2. The van der Waals surface area contributed by atoms with Crippen LogP contribution in [-0.2, 0) is 23.6 Å². The molecule has 0 aliphatic carbocycles. The van der Waals surface area contributed by atoms with E-state index in [1.807, 2.05) is 0 Å². The summed E-state index contributed by atoms with van der Waals surface area (Å²) in [5.74, 6) is 0.0923. The Bertz CT molecular complexity index is 1220. The highest BCUT2D eigenvalue weighted by Crippen LogP contribution is 2.43. The molecule has 30 heavy (non-hydrogen) atoms. The second-order valence-electron chi connectivity index (χ2n) is 7.06. The van der Waals surface area contributed by atoms with Crippen molar-refractivity contribution >= 4 is 11.8 Å². The zero-order valence-electron chi connectivity index (χ0n) is 16.9. The van der Waals surface area contributed by atoms with Crippen molar-refractivity contribution in [2.75, 3.05) is 18.7 Å². The van der Waals surface area contributed by atoms with Crippen LogP contribution in [0, 0.1) is 0 Å². The number of aromatic nitrogens is 2. The summed E-state index contributed by atoms with van der Waals surface area (Å²) in [7, 11) is 2.97. The van der Waals surface area contributed by atoms with Gasteiger partial charge in [-0.05, 0) is 24.6 Å². The fourth-order valence-electron chi connectivity index (χ4n) is 3.80. The molecule has 3 heterocycles. The lowest BCUT2D eigenvalue weighted by Gasteiger charge is -2.30. The first kappa shape index (κ1) is 19.6. The van der Waals surface area contributed by atoms with Gasteiger partial charge in [0.25, 0.3) is 5.56 Å². The number of ether oxygens (including phenoxy) is 3. The standard InChI is InChI=1S/C21H21N3O6/c1-5-8-28-20(26)15-11(2)22-18-17(19(25)24(4)21(27)23(18)3)16(15)12-6-7-13-14(9-12)30-10-29-13/h5-7,9,16,22H,1,8,10H2,2-4H3/t16-/m0/s1. The third-order valence-corrected chi connectivity index (χ3v) is 5.27. The van der Waals surface area contributed by atoms with Crippen molar-refractivity contribution in [1.82, 2.24) is 9.13 Å². The molecule has 156 valence electrons. The molecule has 1 atom stereocenters. The smallest absolute Gasteiger partial charge is 0.337 e. The molecule has 1 aromatic heterocycles. The van der Waals surface area contributed by atoms with E-state index in [0.717, 1.165) is 4.57 Å². The van der Waals surface area contributed by atoms with Gasteiger partial charge in [-0.3, -0.25) is 13.9 Å². The Kier molecular flexibility index (Phi) is 4.73. The number of benzene rings is 1. The number of carbonyl (C=O) groups excluding carboxylic acids is 1. The average Bonchev–Trinajstić information content (AvgIpc) is 3.21. The van der Waals surface area contributed by atoms with Crippen LogP contribution in [0.15, 0.2) is 51.7 Å². The molecule has 0 saturated carbocycles. The van der Waals surface area contributed by atoms with Crippen LogP contribution in [0.3, 0.4) is 0 Å².